The monoisotopic (exact) mass is 373 g/mol. The number of carboxylic acid groups (broad SMARTS) is 1. The van der Waals surface area contributed by atoms with Gasteiger partial charge in [0.1, 0.15) is 18.1 Å². The highest BCUT2D eigenvalue weighted by Gasteiger charge is 2.13. The van der Waals surface area contributed by atoms with Gasteiger partial charge in [-0.2, -0.15) is 5.26 Å². The first-order valence-electron chi connectivity index (χ1n) is 7.14. The number of hydrogen-bond donors (Lipinski definition) is 3. The quantitative estimate of drug-likeness (QED) is 0.403. The van der Waals surface area contributed by atoms with Gasteiger partial charge in [-0.25, -0.2) is 4.79 Å². The van der Waals surface area contributed by atoms with Crippen molar-refractivity contribution in [2.24, 2.45) is 0 Å². The summed E-state index contributed by atoms with van der Waals surface area (Å²) in [5.74, 6) is -3.82. The lowest BCUT2D eigenvalue weighted by atomic mass is 10.1. The number of aromatic hydroxyl groups is 1. The van der Waals surface area contributed by atoms with Crippen LogP contribution in [0.1, 0.15) is 21.5 Å². The molecule has 0 fully saturated rings. The summed E-state index contributed by atoms with van der Waals surface area (Å²) >= 11 is 6.05. The number of ketones is 1. The predicted octanol–water partition coefficient (Wildman–Crippen LogP) is 3.21. The van der Waals surface area contributed by atoms with Crippen molar-refractivity contribution in [3.05, 3.63) is 69.9 Å². The molecule has 2 rings (SSSR count). The van der Waals surface area contributed by atoms with Crippen LogP contribution in [0.25, 0.3) is 0 Å². The van der Waals surface area contributed by atoms with Crippen molar-refractivity contribution in [2.75, 3.05) is 0 Å². The molecule has 0 aromatic heterocycles. The Kier molecular flexibility index (Phi) is 5.83. The number of ether oxygens (including phenoxy) is 1. The average Bonchev–Trinajstić information content (AvgIpc) is 2.59. The maximum Gasteiger partial charge on any atom is 0.371 e. The van der Waals surface area contributed by atoms with E-state index in [4.69, 9.17) is 31.8 Å². The number of aliphatic hydroxyl groups is 1. The summed E-state index contributed by atoms with van der Waals surface area (Å²) in [7, 11) is 0. The number of allylic oxidation sites excluding steroid dienone is 1. The molecule has 26 heavy (non-hydrogen) atoms. The molecule has 0 spiro atoms. The molecule has 0 radical (unpaired) electrons. The zero-order chi connectivity index (χ0) is 19.3. The van der Waals surface area contributed by atoms with Gasteiger partial charge in [0.05, 0.1) is 11.6 Å². The minimum Gasteiger partial charge on any atom is -0.508 e. The molecular formula is C18H12ClNO6. The van der Waals surface area contributed by atoms with Gasteiger partial charge in [0, 0.05) is 28.3 Å². The molecule has 0 aliphatic carbocycles. The van der Waals surface area contributed by atoms with E-state index in [0.717, 1.165) is 6.07 Å². The van der Waals surface area contributed by atoms with Gasteiger partial charge in [-0.05, 0) is 24.3 Å². The van der Waals surface area contributed by atoms with Crippen LogP contribution in [0.2, 0.25) is 5.02 Å². The topological polar surface area (TPSA) is 128 Å². The molecule has 132 valence electrons. The zero-order valence-corrected chi connectivity index (χ0v) is 13.9. The second-order valence-electron chi connectivity index (χ2n) is 5.08. The van der Waals surface area contributed by atoms with Crippen molar-refractivity contribution < 1.29 is 29.6 Å². The Balaban J connectivity index is 2.26. The van der Waals surface area contributed by atoms with E-state index in [1.54, 1.807) is 18.2 Å². The lowest BCUT2D eigenvalue weighted by Crippen LogP contribution is -2.04. The molecule has 2 aromatic rings. The number of hydrogen-bond acceptors (Lipinski definition) is 6. The van der Waals surface area contributed by atoms with E-state index in [1.165, 1.54) is 12.1 Å². The van der Waals surface area contributed by atoms with E-state index in [-0.39, 0.29) is 23.7 Å². The predicted molar refractivity (Wildman–Crippen MR) is 91.3 cm³/mol. The molecule has 0 unspecified atom stereocenters. The highest BCUT2D eigenvalue weighted by atomic mass is 35.5. The maximum atomic E-state index is 12.0. The van der Waals surface area contributed by atoms with Gasteiger partial charge in [-0.3, -0.25) is 4.79 Å². The minimum absolute atomic E-state index is 0.0874. The molecule has 0 heterocycles. The molecule has 7 nitrogen and oxygen atoms in total. The van der Waals surface area contributed by atoms with Gasteiger partial charge in [-0.1, -0.05) is 17.7 Å². The Bertz CT molecular complexity index is 945. The molecule has 0 bridgehead atoms. The lowest BCUT2D eigenvalue weighted by molar-refractivity contribution is -0.135. The van der Waals surface area contributed by atoms with E-state index in [1.807, 2.05) is 6.07 Å². The zero-order valence-electron chi connectivity index (χ0n) is 13.1. The number of aliphatic carboxylic acids is 1. The molecule has 8 heteroatoms. The van der Waals surface area contributed by atoms with Crippen molar-refractivity contribution in [3.8, 4) is 17.6 Å². The normalized spacial score (nSPS) is 10.8. The maximum absolute atomic E-state index is 12.0. The summed E-state index contributed by atoms with van der Waals surface area (Å²) in [4.78, 5) is 22.5. The van der Waals surface area contributed by atoms with Crippen molar-refractivity contribution in [1.82, 2.24) is 0 Å². The van der Waals surface area contributed by atoms with Crippen LogP contribution < -0.4 is 4.74 Å². The summed E-state index contributed by atoms with van der Waals surface area (Å²) in [6.45, 7) is -0.0874. The van der Waals surface area contributed by atoms with E-state index in [9.17, 15) is 14.7 Å². The third kappa shape index (κ3) is 4.53. The van der Waals surface area contributed by atoms with Gasteiger partial charge in [0.2, 0.25) is 5.76 Å². The number of nitriles is 1. The van der Waals surface area contributed by atoms with Crippen molar-refractivity contribution in [1.29, 1.82) is 5.26 Å². The van der Waals surface area contributed by atoms with Crippen LogP contribution in [-0.4, -0.2) is 27.1 Å². The van der Waals surface area contributed by atoms with E-state index in [0.29, 0.717) is 22.2 Å². The molecule has 0 saturated heterocycles. The van der Waals surface area contributed by atoms with Crippen LogP contribution >= 0.6 is 11.6 Å². The minimum atomic E-state index is -1.65. The van der Waals surface area contributed by atoms with Gasteiger partial charge >= 0.3 is 5.97 Å². The third-order valence-electron chi connectivity index (χ3n) is 3.29. The first-order valence-corrected chi connectivity index (χ1v) is 7.52. The molecule has 2 aromatic carbocycles. The number of aliphatic hydroxyl groups excluding tert-OH is 1. The number of carboxylic acids is 1. The fraction of sp³-hybridized carbons (Fsp3) is 0.0556. The van der Waals surface area contributed by atoms with Crippen LogP contribution in [-0.2, 0) is 11.4 Å². The van der Waals surface area contributed by atoms with Gasteiger partial charge in [0.25, 0.3) is 0 Å². The summed E-state index contributed by atoms with van der Waals surface area (Å²) in [5.41, 5.74) is 0.673. The molecule has 0 aliphatic rings. The fourth-order valence-corrected chi connectivity index (χ4v) is 2.27. The van der Waals surface area contributed by atoms with Gasteiger partial charge < -0.3 is 20.1 Å². The summed E-state index contributed by atoms with van der Waals surface area (Å²) in [5, 5.41) is 36.9. The first-order chi connectivity index (χ1) is 12.3. The number of carbonyl (C=O) groups is 2. The van der Waals surface area contributed by atoms with Crippen LogP contribution in [0, 0.1) is 11.3 Å². The van der Waals surface area contributed by atoms with Crippen LogP contribution in [0.15, 0.2) is 48.2 Å². The molecule has 0 saturated carbocycles. The van der Waals surface area contributed by atoms with Crippen molar-refractivity contribution in [2.45, 2.75) is 6.61 Å². The van der Waals surface area contributed by atoms with Crippen LogP contribution in [0.4, 0.5) is 0 Å². The highest BCUT2D eigenvalue weighted by molar-refractivity contribution is 6.31. The number of halogens is 1. The smallest absolute Gasteiger partial charge is 0.371 e. The lowest BCUT2D eigenvalue weighted by Gasteiger charge is -2.10. The molecule has 0 aliphatic heterocycles. The number of benzene rings is 2. The average molecular weight is 374 g/mol. The molecule has 0 atom stereocenters. The van der Waals surface area contributed by atoms with E-state index in [2.05, 4.69) is 0 Å². The molecule has 3 N–H and O–H groups in total. The fourth-order valence-electron chi connectivity index (χ4n) is 2.04. The number of phenols is 1. The highest BCUT2D eigenvalue weighted by Crippen LogP contribution is 2.26. The second-order valence-corrected chi connectivity index (χ2v) is 5.49. The Morgan fingerprint density at radius 2 is 1.96 bits per heavy atom. The molecular weight excluding hydrogens is 362 g/mol. The van der Waals surface area contributed by atoms with Gasteiger partial charge in [0.15, 0.2) is 5.78 Å². The second kappa shape index (κ2) is 8.05. The number of phenolic OH excluding ortho intramolecular Hbond substituents is 1. The van der Waals surface area contributed by atoms with E-state index < -0.39 is 17.5 Å². The van der Waals surface area contributed by atoms with Gasteiger partial charge in [-0.15, -0.1) is 0 Å². The summed E-state index contributed by atoms with van der Waals surface area (Å²) in [6.07, 6.45) is 0.517. The Labute approximate surface area is 153 Å². The largest absolute Gasteiger partial charge is 0.508 e. The van der Waals surface area contributed by atoms with Crippen molar-refractivity contribution in [3.63, 3.8) is 0 Å². The SMILES string of the molecule is N#Cc1cccc(Cl)c1COc1cc(O)cc(C(=O)/C=C(\O)C(=O)O)c1. The Morgan fingerprint density at radius 3 is 2.62 bits per heavy atom. The summed E-state index contributed by atoms with van der Waals surface area (Å²) < 4.78 is 5.49. The molecule has 0 amide bonds. The van der Waals surface area contributed by atoms with Crippen LogP contribution in [0.5, 0.6) is 11.5 Å². The van der Waals surface area contributed by atoms with E-state index >= 15 is 0 Å². The standard InChI is InChI=1S/C18H12ClNO6/c19-15-3-1-2-10(8-20)14(15)9-26-13-5-11(4-12(21)6-13)16(22)7-17(23)18(24)25/h1-7,21,23H,9H2,(H,24,25)/b17-7-. The third-order valence-corrected chi connectivity index (χ3v) is 3.64. The Hall–Kier alpha value is -3.50. The van der Waals surface area contributed by atoms with Crippen molar-refractivity contribution >= 4 is 23.4 Å². The summed E-state index contributed by atoms with van der Waals surface area (Å²) in [6, 6.07) is 10.4. The number of nitrogens with zero attached hydrogens (tertiary/aromatic N) is 1. The number of rotatable bonds is 6. The van der Waals surface area contributed by atoms with Crippen LogP contribution in [0.3, 0.4) is 0 Å². The first kappa shape index (κ1) is 18.8. The number of carbonyl (C=O) groups excluding carboxylic acids is 1. The Morgan fingerprint density at radius 1 is 1.23 bits per heavy atom.